The minimum atomic E-state index is -0.259. The highest BCUT2D eigenvalue weighted by atomic mass is 32.2. The molecule has 0 saturated carbocycles. The predicted octanol–water partition coefficient (Wildman–Crippen LogP) is -0.328. The number of nitrogens with zero attached hydrogens (tertiary/aromatic N) is 4. The zero-order chi connectivity index (χ0) is 12.7. The molecule has 1 unspecified atom stereocenters. The monoisotopic (exact) mass is 259 g/mol. The Morgan fingerprint density at radius 1 is 1.65 bits per heavy atom. The fourth-order valence-corrected chi connectivity index (χ4v) is 1.96. The summed E-state index contributed by atoms with van der Waals surface area (Å²) in [5.41, 5.74) is 0. The number of amides is 1. The highest BCUT2D eigenvalue weighted by Crippen LogP contribution is 2.19. The van der Waals surface area contributed by atoms with Gasteiger partial charge in [-0.25, -0.2) is 4.68 Å². The summed E-state index contributed by atoms with van der Waals surface area (Å²) in [6.45, 7) is 4.77. The Morgan fingerprint density at radius 2 is 2.41 bits per heavy atom. The van der Waals surface area contributed by atoms with Gasteiger partial charge in [-0.2, -0.15) is 0 Å². The van der Waals surface area contributed by atoms with Gasteiger partial charge in [-0.15, -0.1) is 5.10 Å². The van der Waals surface area contributed by atoms with Crippen LogP contribution in [0.5, 0.6) is 0 Å². The molecule has 1 aromatic heterocycles. The van der Waals surface area contributed by atoms with E-state index >= 15 is 0 Å². The van der Waals surface area contributed by atoms with Crippen LogP contribution >= 0.6 is 11.8 Å². The van der Waals surface area contributed by atoms with E-state index in [1.54, 1.807) is 6.92 Å². The number of thioether (sulfide) groups is 1. The predicted molar refractivity (Wildman–Crippen MR) is 63.5 cm³/mol. The van der Waals surface area contributed by atoms with Gasteiger partial charge < -0.3 is 10.4 Å². The quantitative estimate of drug-likeness (QED) is 0.651. The lowest BCUT2D eigenvalue weighted by Crippen LogP contribution is -2.31. The van der Waals surface area contributed by atoms with Crippen molar-refractivity contribution >= 4 is 17.7 Å². The SMILES string of the molecule is CCCNC(=O)C(C)Sc1nnnn1CCO. The molecule has 0 aliphatic rings. The molecule has 0 radical (unpaired) electrons. The van der Waals surface area contributed by atoms with E-state index in [1.807, 2.05) is 6.92 Å². The second-order valence-corrected chi connectivity index (χ2v) is 4.77. The molecule has 1 atom stereocenters. The number of carbonyl (C=O) groups excluding carboxylic acids is 1. The number of hydrogen-bond donors (Lipinski definition) is 2. The third-order valence-corrected chi connectivity index (χ3v) is 3.08. The fraction of sp³-hybridized carbons (Fsp3) is 0.778. The molecule has 0 aliphatic heterocycles. The maximum Gasteiger partial charge on any atom is 0.233 e. The van der Waals surface area contributed by atoms with Crippen LogP contribution in [0.25, 0.3) is 0 Å². The molecule has 0 spiro atoms. The molecule has 0 fully saturated rings. The normalized spacial score (nSPS) is 12.4. The van der Waals surface area contributed by atoms with E-state index in [2.05, 4.69) is 20.8 Å². The van der Waals surface area contributed by atoms with Crippen molar-refractivity contribution in [2.45, 2.75) is 37.2 Å². The molecule has 1 rings (SSSR count). The Morgan fingerprint density at radius 3 is 3.06 bits per heavy atom. The lowest BCUT2D eigenvalue weighted by atomic mass is 10.4. The van der Waals surface area contributed by atoms with Gasteiger partial charge in [0.2, 0.25) is 11.1 Å². The van der Waals surface area contributed by atoms with E-state index in [1.165, 1.54) is 16.4 Å². The average Bonchev–Trinajstić information content (AvgIpc) is 2.74. The molecule has 2 N–H and O–H groups in total. The van der Waals surface area contributed by atoms with Gasteiger partial charge in [0.25, 0.3) is 0 Å². The summed E-state index contributed by atoms with van der Waals surface area (Å²) >= 11 is 1.28. The van der Waals surface area contributed by atoms with Crippen molar-refractivity contribution in [1.29, 1.82) is 0 Å². The van der Waals surface area contributed by atoms with Crippen LogP contribution in [0.1, 0.15) is 20.3 Å². The second kappa shape index (κ2) is 7.23. The van der Waals surface area contributed by atoms with Crippen molar-refractivity contribution in [2.75, 3.05) is 13.2 Å². The highest BCUT2D eigenvalue weighted by Gasteiger charge is 2.17. The summed E-state index contributed by atoms with van der Waals surface area (Å²) in [5.74, 6) is -0.0320. The summed E-state index contributed by atoms with van der Waals surface area (Å²) in [6, 6.07) is 0. The van der Waals surface area contributed by atoms with Crippen LogP contribution in [0.3, 0.4) is 0 Å². The first-order valence-electron chi connectivity index (χ1n) is 5.50. The first kappa shape index (κ1) is 13.9. The summed E-state index contributed by atoms with van der Waals surface area (Å²) in [7, 11) is 0. The van der Waals surface area contributed by atoms with Crippen LogP contribution in [-0.4, -0.2) is 49.6 Å². The molecule has 17 heavy (non-hydrogen) atoms. The lowest BCUT2D eigenvalue weighted by molar-refractivity contribution is -0.120. The number of aliphatic hydroxyl groups excluding tert-OH is 1. The summed E-state index contributed by atoms with van der Waals surface area (Å²) in [4.78, 5) is 11.6. The van der Waals surface area contributed by atoms with Crippen LogP contribution < -0.4 is 5.32 Å². The van der Waals surface area contributed by atoms with Crippen molar-refractivity contribution in [3.8, 4) is 0 Å². The van der Waals surface area contributed by atoms with Crippen molar-refractivity contribution < 1.29 is 9.90 Å². The van der Waals surface area contributed by atoms with Crippen LogP contribution in [-0.2, 0) is 11.3 Å². The highest BCUT2D eigenvalue weighted by molar-refractivity contribution is 8.00. The molecule has 1 heterocycles. The smallest absolute Gasteiger partial charge is 0.233 e. The number of tetrazole rings is 1. The Labute approximate surface area is 104 Å². The summed E-state index contributed by atoms with van der Waals surface area (Å²) in [6.07, 6.45) is 0.908. The Bertz CT molecular complexity index is 357. The van der Waals surface area contributed by atoms with E-state index in [4.69, 9.17) is 5.11 Å². The Hall–Kier alpha value is -1.15. The van der Waals surface area contributed by atoms with Gasteiger partial charge >= 0.3 is 0 Å². The number of nitrogens with one attached hydrogen (secondary N) is 1. The number of aromatic nitrogens is 4. The van der Waals surface area contributed by atoms with Gasteiger partial charge in [0.1, 0.15) is 0 Å². The van der Waals surface area contributed by atoms with Crippen LogP contribution in [0.2, 0.25) is 0 Å². The zero-order valence-corrected chi connectivity index (χ0v) is 10.8. The van der Waals surface area contributed by atoms with Crippen molar-refractivity contribution in [3.05, 3.63) is 0 Å². The number of carbonyl (C=O) groups is 1. The lowest BCUT2D eigenvalue weighted by Gasteiger charge is -2.10. The van der Waals surface area contributed by atoms with Crippen LogP contribution in [0, 0.1) is 0 Å². The maximum absolute atomic E-state index is 11.6. The van der Waals surface area contributed by atoms with Gasteiger partial charge in [-0.05, 0) is 23.8 Å². The van der Waals surface area contributed by atoms with Gasteiger partial charge in [0.15, 0.2) is 0 Å². The van der Waals surface area contributed by atoms with Crippen molar-refractivity contribution in [3.63, 3.8) is 0 Å². The molecular weight excluding hydrogens is 242 g/mol. The molecule has 1 aromatic rings. The molecule has 0 aromatic carbocycles. The molecule has 0 aliphatic carbocycles. The fourth-order valence-electron chi connectivity index (χ4n) is 1.12. The van der Waals surface area contributed by atoms with Gasteiger partial charge in [-0.3, -0.25) is 4.79 Å². The number of aliphatic hydroxyl groups is 1. The molecule has 1 amide bonds. The molecule has 0 saturated heterocycles. The largest absolute Gasteiger partial charge is 0.394 e. The minimum Gasteiger partial charge on any atom is -0.394 e. The Balaban J connectivity index is 2.51. The first-order chi connectivity index (χ1) is 8.19. The molecule has 7 nitrogen and oxygen atoms in total. The molecule has 96 valence electrons. The van der Waals surface area contributed by atoms with E-state index in [0.717, 1.165) is 6.42 Å². The minimum absolute atomic E-state index is 0.0320. The van der Waals surface area contributed by atoms with Gasteiger partial charge in [-0.1, -0.05) is 18.7 Å². The van der Waals surface area contributed by atoms with E-state index in [9.17, 15) is 4.79 Å². The summed E-state index contributed by atoms with van der Waals surface area (Å²) < 4.78 is 1.48. The Kier molecular flexibility index (Phi) is 5.92. The summed E-state index contributed by atoms with van der Waals surface area (Å²) in [5, 5.41) is 23.0. The third kappa shape index (κ3) is 4.31. The van der Waals surface area contributed by atoms with E-state index in [0.29, 0.717) is 18.2 Å². The van der Waals surface area contributed by atoms with Gasteiger partial charge in [0, 0.05) is 6.54 Å². The maximum atomic E-state index is 11.6. The second-order valence-electron chi connectivity index (χ2n) is 3.46. The topological polar surface area (TPSA) is 92.9 Å². The van der Waals surface area contributed by atoms with Crippen molar-refractivity contribution in [1.82, 2.24) is 25.5 Å². The number of rotatable bonds is 7. The third-order valence-electron chi connectivity index (χ3n) is 2.01. The van der Waals surface area contributed by atoms with E-state index in [-0.39, 0.29) is 17.8 Å². The zero-order valence-electron chi connectivity index (χ0n) is 9.96. The molecule has 0 bridgehead atoms. The first-order valence-corrected chi connectivity index (χ1v) is 6.38. The molecular formula is C9H17N5O2S. The standard InChI is InChI=1S/C9H17N5O2S/c1-3-4-10-8(16)7(2)17-9-11-12-13-14(9)5-6-15/h7,15H,3-6H2,1-2H3,(H,10,16). The van der Waals surface area contributed by atoms with E-state index < -0.39 is 0 Å². The van der Waals surface area contributed by atoms with Gasteiger partial charge in [0.05, 0.1) is 18.4 Å². The van der Waals surface area contributed by atoms with Crippen molar-refractivity contribution in [2.24, 2.45) is 0 Å². The van der Waals surface area contributed by atoms with Crippen LogP contribution in [0.4, 0.5) is 0 Å². The number of hydrogen-bond acceptors (Lipinski definition) is 6. The van der Waals surface area contributed by atoms with Crippen LogP contribution in [0.15, 0.2) is 5.16 Å². The molecule has 8 heteroatoms. The average molecular weight is 259 g/mol.